The number of anilines is 2. The van der Waals surface area contributed by atoms with Crippen molar-refractivity contribution in [3.63, 3.8) is 0 Å². The number of nitrogen functional groups attached to an aromatic ring is 1. The van der Waals surface area contributed by atoms with E-state index in [1.807, 2.05) is 18.9 Å². The number of aromatic nitrogens is 2. The molecule has 0 aliphatic carbocycles. The lowest BCUT2D eigenvalue weighted by Crippen LogP contribution is -2.37. The average Bonchev–Trinajstić information content (AvgIpc) is 2.62. The van der Waals surface area contributed by atoms with Crippen LogP contribution in [0.3, 0.4) is 0 Å². The van der Waals surface area contributed by atoms with E-state index in [1.165, 1.54) is 0 Å². The summed E-state index contributed by atoms with van der Waals surface area (Å²) in [7, 11) is 5.37. The van der Waals surface area contributed by atoms with Crippen molar-refractivity contribution < 1.29 is 4.79 Å². The number of carbonyl (C=O) groups excluding carboxylic acids is 1. The Bertz CT molecular complexity index is 450. The molecule has 0 saturated carbocycles. The molecule has 0 bridgehead atoms. The molecule has 0 aliphatic heterocycles. The first kappa shape index (κ1) is 15.3. The Kier molecular flexibility index (Phi) is 4.80. The SMILES string of the molecule is CCN(CC(=O)N(C)C)c1c(N)c(C(C)C)nn1C. The standard InChI is InChI=1S/C13H25N5O/c1-7-18(8-10(19)16(4)5)13-11(14)12(9(2)3)15-17(13)6/h9H,7-8,14H2,1-6H3. The quantitative estimate of drug-likeness (QED) is 0.865. The number of hydrogen-bond donors (Lipinski definition) is 1. The van der Waals surface area contributed by atoms with E-state index in [0.717, 1.165) is 11.5 Å². The van der Waals surface area contributed by atoms with Gasteiger partial charge >= 0.3 is 0 Å². The number of amides is 1. The van der Waals surface area contributed by atoms with Gasteiger partial charge in [-0.15, -0.1) is 0 Å². The van der Waals surface area contributed by atoms with Gasteiger partial charge in [0.15, 0.2) is 5.82 Å². The van der Waals surface area contributed by atoms with E-state index in [4.69, 9.17) is 5.73 Å². The number of rotatable bonds is 5. The van der Waals surface area contributed by atoms with Gasteiger partial charge in [-0.25, -0.2) is 0 Å². The lowest BCUT2D eigenvalue weighted by molar-refractivity contribution is -0.127. The van der Waals surface area contributed by atoms with Gasteiger partial charge in [-0.1, -0.05) is 13.8 Å². The van der Waals surface area contributed by atoms with E-state index in [9.17, 15) is 4.79 Å². The molecule has 6 heteroatoms. The van der Waals surface area contributed by atoms with Crippen molar-refractivity contribution in [1.29, 1.82) is 0 Å². The van der Waals surface area contributed by atoms with Crippen LogP contribution in [0.5, 0.6) is 0 Å². The molecule has 0 aliphatic rings. The third-order valence-corrected chi connectivity index (χ3v) is 3.13. The summed E-state index contributed by atoms with van der Waals surface area (Å²) in [5, 5.41) is 4.46. The van der Waals surface area contributed by atoms with Crippen LogP contribution in [0.15, 0.2) is 0 Å². The Hall–Kier alpha value is -1.72. The Morgan fingerprint density at radius 2 is 2.00 bits per heavy atom. The maximum absolute atomic E-state index is 11.9. The summed E-state index contributed by atoms with van der Waals surface area (Å²) in [6.07, 6.45) is 0. The fourth-order valence-corrected chi connectivity index (χ4v) is 1.99. The first-order valence-electron chi connectivity index (χ1n) is 6.57. The number of aryl methyl sites for hydroxylation is 1. The van der Waals surface area contributed by atoms with Crippen molar-refractivity contribution in [2.45, 2.75) is 26.7 Å². The fraction of sp³-hybridized carbons (Fsp3) is 0.692. The zero-order valence-corrected chi connectivity index (χ0v) is 12.8. The number of likely N-dealkylation sites (N-methyl/N-ethyl adjacent to an activating group) is 2. The number of hydrogen-bond acceptors (Lipinski definition) is 4. The van der Waals surface area contributed by atoms with Crippen molar-refractivity contribution in [3.8, 4) is 0 Å². The molecule has 2 N–H and O–H groups in total. The van der Waals surface area contributed by atoms with Gasteiger partial charge in [-0.05, 0) is 12.8 Å². The minimum absolute atomic E-state index is 0.0496. The highest BCUT2D eigenvalue weighted by Gasteiger charge is 2.22. The van der Waals surface area contributed by atoms with Crippen molar-refractivity contribution >= 4 is 17.4 Å². The highest BCUT2D eigenvalue weighted by molar-refractivity contribution is 5.82. The predicted octanol–water partition coefficient (Wildman–Crippen LogP) is 1.04. The average molecular weight is 267 g/mol. The predicted molar refractivity (Wildman–Crippen MR) is 78.3 cm³/mol. The second kappa shape index (κ2) is 5.95. The zero-order valence-electron chi connectivity index (χ0n) is 12.8. The molecule has 0 aromatic carbocycles. The van der Waals surface area contributed by atoms with Crippen LogP contribution in [-0.2, 0) is 11.8 Å². The van der Waals surface area contributed by atoms with Crippen molar-refractivity contribution in [2.24, 2.45) is 7.05 Å². The topological polar surface area (TPSA) is 67.4 Å². The molecule has 0 atom stereocenters. The summed E-state index contributed by atoms with van der Waals surface area (Å²) in [4.78, 5) is 15.4. The van der Waals surface area contributed by atoms with Crippen LogP contribution in [0.4, 0.5) is 11.5 Å². The summed E-state index contributed by atoms with van der Waals surface area (Å²) in [6, 6.07) is 0. The lowest BCUT2D eigenvalue weighted by Gasteiger charge is -2.24. The first-order valence-corrected chi connectivity index (χ1v) is 6.57. The normalized spacial score (nSPS) is 10.9. The molecule has 0 radical (unpaired) electrons. The molecule has 0 spiro atoms. The molecule has 6 nitrogen and oxygen atoms in total. The highest BCUT2D eigenvalue weighted by Crippen LogP contribution is 2.30. The highest BCUT2D eigenvalue weighted by atomic mass is 16.2. The molecule has 0 saturated heterocycles. The molecule has 1 aromatic heterocycles. The van der Waals surface area contributed by atoms with Crippen LogP contribution in [0.2, 0.25) is 0 Å². The van der Waals surface area contributed by atoms with E-state index in [0.29, 0.717) is 18.8 Å². The zero-order chi connectivity index (χ0) is 14.7. The number of nitrogens with two attached hydrogens (primary N) is 1. The minimum atomic E-state index is 0.0496. The first-order chi connectivity index (χ1) is 8.79. The summed E-state index contributed by atoms with van der Waals surface area (Å²) >= 11 is 0. The van der Waals surface area contributed by atoms with Crippen molar-refractivity contribution in [3.05, 3.63) is 5.69 Å². The third kappa shape index (κ3) is 3.19. The molecule has 1 amide bonds. The smallest absolute Gasteiger partial charge is 0.241 e. The van der Waals surface area contributed by atoms with Crippen LogP contribution >= 0.6 is 0 Å². The second-order valence-electron chi connectivity index (χ2n) is 5.20. The monoisotopic (exact) mass is 267 g/mol. The van der Waals surface area contributed by atoms with E-state index < -0.39 is 0 Å². The van der Waals surface area contributed by atoms with Crippen LogP contribution in [-0.4, -0.2) is 47.8 Å². The maximum atomic E-state index is 11.9. The van der Waals surface area contributed by atoms with Gasteiger partial charge < -0.3 is 15.5 Å². The van der Waals surface area contributed by atoms with E-state index >= 15 is 0 Å². The van der Waals surface area contributed by atoms with Crippen LogP contribution in [0.1, 0.15) is 32.4 Å². The molecule has 1 rings (SSSR count). The number of carbonyl (C=O) groups is 1. The summed E-state index contributed by atoms with van der Waals surface area (Å²) < 4.78 is 1.76. The molecule has 0 unspecified atom stereocenters. The van der Waals surface area contributed by atoms with Crippen molar-refractivity contribution in [1.82, 2.24) is 14.7 Å². The molecular formula is C13H25N5O. The third-order valence-electron chi connectivity index (χ3n) is 3.13. The van der Waals surface area contributed by atoms with E-state index in [-0.39, 0.29) is 11.8 Å². The van der Waals surface area contributed by atoms with Gasteiger partial charge in [0, 0.05) is 27.7 Å². The molecule has 19 heavy (non-hydrogen) atoms. The van der Waals surface area contributed by atoms with Crippen LogP contribution in [0.25, 0.3) is 0 Å². The van der Waals surface area contributed by atoms with Crippen LogP contribution in [0, 0.1) is 0 Å². The molecule has 1 heterocycles. The van der Waals surface area contributed by atoms with Gasteiger partial charge in [0.05, 0.1) is 17.9 Å². The number of nitrogens with zero attached hydrogens (tertiary/aromatic N) is 4. The van der Waals surface area contributed by atoms with Gasteiger partial charge in [0.25, 0.3) is 0 Å². The van der Waals surface area contributed by atoms with Crippen LogP contribution < -0.4 is 10.6 Å². The van der Waals surface area contributed by atoms with Crippen molar-refractivity contribution in [2.75, 3.05) is 37.8 Å². The summed E-state index contributed by atoms with van der Waals surface area (Å²) in [6.45, 7) is 7.14. The Labute approximate surface area is 115 Å². The van der Waals surface area contributed by atoms with Gasteiger partial charge in [0.2, 0.25) is 5.91 Å². The fourth-order valence-electron chi connectivity index (χ4n) is 1.99. The van der Waals surface area contributed by atoms with Gasteiger partial charge in [0.1, 0.15) is 0 Å². The van der Waals surface area contributed by atoms with Gasteiger partial charge in [-0.2, -0.15) is 5.10 Å². The van der Waals surface area contributed by atoms with E-state index in [1.54, 1.807) is 23.7 Å². The molecule has 0 fully saturated rings. The lowest BCUT2D eigenvalue weighted by atomic mass is 10.1. The second-order valence-corrected chi connectivity index (χ2v) is 5.20. The molecule has 108 valence electrons. The van der Waals surface area contributed by atoms with Gasteiger partial charge in [-0.3, -0.25) is 9.48 Å². The maximum Gasteiger partial charge on any atom is 0.241 e. The minimum Gasteiger partial charge on any atom is -0.394 e. The summed E-state index contributed by atoms with van der Waals surface area (Å²) in [5.41, 5.74) is 7.74. The molecule has 1 aromatic rings. The Morgan fingerprint density at radius 3 is 2.37 bits per heavy atom. The largest absolute Gasteiger partial charge is 0.394 e. The Balaban J connectivity index is 3.08. The molecular weight excluding hydrogens is 242 g/mol. The summed E-state index contributed by atoms with van der Waals surface area (Å²) in [5.74, 6) is 1.14. The Morgan fingerprint density at radius 1 is 1.42 bits per heavy atom. The van der Waals surface area contributed by atoms with E-state index in [2.05, 4.69) is 18.9 Å².